The number of esters is 1. The number of carbonyl (C=O) groups excluding carboxylic acids is 4. The molecule has 1 N–H and O–H groups in total. The maximum Gasteiger partial charge on any atom is 0.407 e. The number of nitrogens with one attached hydrogen (secondary N) is 1. The number of anilines is 1. The molecule has 0 aliphatic carbocycles. The normalized spacial score (nSPS) is 18.0. The van der Waals surface area contributed by atoms with Crippen molar-refractivity contribution >= 4 is 29.6 Å². The summed E-state index contributed by atoms with van der Waals surface area (Å²) in [5.41, 5.74) is -1.12. The monoisotopic (exact) mass is 418 g/mol. The van der Waals surface area contributed by atoms with Crippen LogP contribution in [-0.4, -0.2) is 36.0 Å². The van der Waals surface area contributed by atoms with Crippen LogP contribution in [0.2, 0.25) is 0 Å². The summed E-state index contributed by atoms with van der Waals surface area (Å²) in [7, 11) is 0. The smallest absolute Gasteiger partial charge is 0.407 e. The van der Waals surface area contributed by atoms with Crippen LogP contribution in [0.3, 0.4) is 0 Å². The number of unbranched alkanes of at least 4 members (excludes halogenated alkanes) is 2. The summed E-state index contributed by atoms with van der Waals surface area (Å²) in [5, 5.41) is 2.66. The van der Waals surface area contributed by atoms with Crippen LogP contribution in [0.25, 0.3) is 0 Å². The molecule has 0 aromatic heterocycles. The van der Waals surface area contributed by atoms with Crippen molar-refractivity contribution in [2.75, 3.05) is 11.4 Å². The molecule has 0 radical (unpaired) electrons. The highest BCUT2D eigenvalue weighted by Gasteiger charge is 2.51. The van der Waals surface area contributed by atoms with Gasteiger partial charge in [0.15, 0.2) is 0 Å². The number of imide groups is 1. The maximum absolute atomic E-state index is 12.8. The van der Waals surface area contributed by atoms with E-state index < -0.39 is 35.1 Å². The number of carbonyl (C=O) groups is 4. The van der Waals surface area contributed by atoms with Crippen LogP contribution in [0, 0.1) is 0 Å². The highest BCUT2D eigenvalue weighted by molar-refractivity contribution is 6.21. The van der Waals surface area contributed by atoms with Gasteiger partial charge < -0.3 is 14.8 Å². The second-order valence-electron chi connectivity index (χ2n) is 8.42. The fourth-order valence-electron chi connectivity index (χ4n) is 3.28. The largest absolute Gasteiger partial charge is 0.444 e. The maximum atomic E-state index is 12.8. The van der Waals surface area contributed by atoms with Crippen molar-refractivity contribution in [1.29, 1.82) is 0 Å². The number of benzene rings is 1. The third-order valence-electron chi connectivity index (χ3n) is 4.63. The van der Waals surface area contributed by atoms with Crippen molar-refractivity contribution in [3.63, 3.8) is 0 Å². The lowest BCUT2D eigenvalue weighted by Gasteiger charge is -2.24. The van der Waals surface area contributed by atoms with Crippen molar-refractivity contribution in [3.8, 4) is 0 Å². The van der Waals surface area contributed by atoms with E-state index in [2.05, 4.69) is 5.32 Å². The minimum absolute atomic E-state index is 0.136. The van der Waals surface area contributed by atoms with Gasteiger partial charge in [-0.3, -0.25) is 14.4 Å². The van der Waals surface area contributed by atoms with Crippen LogP contribution >= 0.6 is 0 Å². The summed E-state index contributed by atoms with van der Waals surface area (Å²) in [5.74, 6) is -1.50. The van der Waals surface area contributed by atoms with Gasteiger partial charge in [-0.2, -0.15) is 0 Å². The first-order chi connectivity index (χ1) is 14.0. The summed E-state index contributed by atoms with van der Waals surface area (Å²) in [6.07, 6.45) is 1.60. The van der Waals surface area contributed by atoms with E-state index in [1.54, 1.807) is 45.0 Å². The Kier molecular flexibility index (Phi) is 7.23. The highest BCUT2D eigenvalue weighted by Crippen LogP contribution is 2.42. The molecule has 1 atom stereocenters. The van der Waals surface area contributed by atoms with Crippen molar-refractivity contribution in [3.05, 3.63) is 29.8 Å². The third kappa shape index (κ3) is 5.58. The van der Waals surface area contributed by atoms with Crippen molar-refractivity contribution in [2.45, 2.75) is 71.5 Å². The molecule has 30 heavy (non-hydrogen) atoms. The predicted molar refractivity (Wildman–Crippen MR) is 111 cm³/mol. The van der Waals surface area contributed by atoms with Crippen LogP contribution in [0.4, 0.5) is 10.5 Å². The van der Waals surface area contributed by atoms with Crippen molar-refractivity contribution in [1.82, 2.24) is 5.32 Å². The molecule has 1 heterocycles. The minimum Gasteiger partial charge on any atom is -0.444 e. The zero-order chi connectivity index (χ0) is 22.5. The summed E-state index contributed by atoms with van der Waals surface area (Å²) < 4.78 is 10.7. The lowest BCUT2D eigenvalue weighted by molar-refractivity contribution is -0.166. The Morgan fingerprint density at radius 1 is 1.10 bits per heavy atom. The zero-order valence-electron chi connectivity index (χ0n) is 18.2. The molecule has 0 spiro atoms. The fourth-order valence-corrected chi connectivity index (χ4v) is 3.28. The van der Waals surface area contributed by atoms with Gasteiger partial charge in [-0.1, -0.05) is 24.6 Å². The topological polar surface area (TPSA) is 102 Å². The third-order valence-corrected chi connectivity index (χ3v) is 4.63. The Hall–Kier alpha value is -2.90. The number of hydrogen-bond acceptors (Lipinski definition) is 6. The molecule has 0 saturated carbocycles. The van der Waals surface area contributed by atoms with Gasteiger partial charge in [0.05, 0.1) is 5.69 Å². The number of hydrogen-bond donors (Lipinski definition) is 1. The molecule has 1 unspecified atom stereocenters. The van der Waals surface area contributed by atoms with Crippen LogP contribution in [-0.2, 0) is 29.5 Å². The number of rotatable bonds is 7. The van der Waals surface area contributed by atoms with E-state index in [4.69, 9.17) is 9.47 Å². The Balaban J connectivity index is 1.82. The van der Waals surface area contributed by atoms with Crippen molar-refractivity contribution in [2.24, 2.45) is 0 Å². The van der Waals surface area contributed by atoms with Gasteiger partial charge in [-0.05, 0) is 46.6 Å². The first-order valence-electron chi connectivity index (χ1n) is 10.1. The van der Waals surface area contributed by atoms with Gasteiger partial charge in [0.2, 0.25) is 11.5 Å². The Morgan fingerprint density at radius 3 is 2.40 bits per heavy atom. The molecule has 1 aromatic carbocycles. The lowest BCUT2D eigenvalue weighted by Crippen LogP contribution is -2.43. The van der Waals surface area contributed by atoms with E-state index in [0.29, 0.717) is 37.1 Å². The molecule has 1 aliphatic rings. The van der Waals surface area contributed by atoms with Gasteiger partial charge in [-0.15, -0.1) is 0 Å². The molecule has 1 aliphatic heterocycles. The second kappa shape index (κ2) is 9.28. The van der Waals surface area contributed by atoms with E-state index in [0.717, 1.165) is 4.90 Å². The van der Waals surface area contributed by atoms with Crippen LogP contribution in [0.15, 0.2) is 24.3 Å². The Morgan fingerprint density at radius 2 is 1.77 bits per heavy atom. The minimum atomic E-state index is -1.52. The van der Waals surface area contributed by atoms with Crippen LogP contribution < -0.4 is 10.2 Å². The van der Waals surface area contributed by atoms with E-state index in [9.17, 15) is 19.2 Å². The number of ether oxygens (including phenoxy) is 2. The molecule has 1 aromatic rings. The molecule has 0 saturated heterocycles. The Bertz CT molecular complexity index is 829. The standard InChI is InChI=1S/C22H30N2O6/c1-15(25)24-17-12-9-8-11-16(17)22(5,19(24)27)29-18(26)13-7-6-10-14-23-20(28)30-21(2,3)4/h8-9,11-12H,6-7,10,13-14H2,1-5H3,(H,23,28). The number of para-hydroxylation sites is 1. The average Bonchev–Trinajstić information content (AvgIpc) is 2.84. The van der Waals surface area contributed by atoms with Crippen LogP contribution in [0.5, 0.6) is 0 Å². The molecule has 8 heteroatoms. The van der Waals surface area contributed by atoms with Gasteiger partial charge in [-0.25, -0.2) is 9.69 Å². The number of amides is 3. The van der Waals surface area contributed by atoms with Gasteiger partial charge >= 0.3 is 12.1 Å². The molecular weight excluding hydrogens is 388 g/mol. The summed E-state index contributed by atoms with van der Waals surface area (Å²) >= 11 is 0. The van der Waals surface area contributed by atoms with E-state index in [1.807, 2.05) is 0 Å². The summed E-state index contributed by atoms with van der Waals surface area (Å²) in [6, 6.07) is 6.80. The summed E-state index contributed by atoms with van der Waals surface area (Å²) in [4.78, 5) is 49.7. The molecular formula is C22H30N2O6. The average molecular weight is 418 g/mol. The Labute approximate surface area is 176 Å². The van der Waals surface area contributed by atoms with Gasteiger partial charge in [0.25, 0.3) is 5.91 Å². The first-order valence-corrected chi connectivity index (χ1v) is 10.1. The molecule has 8 nitrogen and oxygen atoms in total. The fraction of sp³-hybridized carbons (Fsp3) is 0.545. The lowest BCUT2D eigenvalue weighted by atomic mass is 9.97. The van der Waals surface area contributed by atoms with Crippen LogP contribution in [0.1, 0.15) is 65.9 Å². The predicted octanol–water partition coefficient (Wildman–Crippen LogP) is 3.42. The molecule has 2 rings (SSSR count). The zero-order valence-corrected chi connectivity index (χ0v) is 18.2. The van der Waals surface area contributed by atoms with E-state index in [1.165, 1.54) is 13.8 Å². The molecule has 0 bridgehead atoms. The summed E-state index contributed by atoms with van der Waals surface area (Å²) in [6.45, 7) is 8.64. The second-order valence-corrected chi connectivity index (χ2v) is 8.42. The molecule has 3 amide bonds. The SMILES string of the molecule is CC(=O)N1C(=O)C(C)(OC(=O)CCCCCNC(=O)OC(C)(C)C)c2ccccc21. The number of fused-ring (bicyclic) bond motifs is 1. The van der Waals surface area contributed by atoms with E-state index in [-0.39, 0.29) is 6.42 Å². The highest BCUT2D eigenvalue weighted by atomic mass is 16.6. The van der Waals surface area contributed by atoms with Gasteiger partial charge in [0, 0.05) is 25.5 Å². The number of nitrogens with zero attached hydrogens (tertiary/aromatic N) is 1. The number of alkyl carbamates (subject to hydrolysis) is 1. The molecule has 164 valence electrons. The van der Waals surface area contributed by atoms with Crippen molar-refractivity contribution < 1.29 is 28.7 Å². The van der Waals surface area contributed by atoms with E-state index >= 15 is 0 Å². The quantitative estimate of drug-likeness (QED) is 0.538. The van der Waals surface area contributed by atoms with Gasteiger partial charge in [0.1, 0.15) is 5.60 Å². The molecule has 0 fully saturated rings. The first kappa shape index (κ1) is 23.4.